The highest BCUT2D eigenvalue weighted by Crippen LogP contribution is 2.34. The minimum Gasteiger partial charge on any atom is -0.507 e. The number of anilines is 2. The second kappa shape index (κ2) is 21.1. The summed E-state index contributed by atoms with van der Waals surface area (Å²) in [5.74, 6) is 3.28. The Bertz CT molecular complexity index is 2630. The summed E-state index contributed by atoms with van der Waals surface area (Å²) >= 11 is 3.19. The van der Waals surface area contributed by atoms with Crippen molar-refractivity contribution in [1.29, 1.82) is 0 Å². The van der Waals surface area contributed by atoms with Gasteiger partial charge < -0.3 is 34.9 Å². The number of hydrogen-bond donors (Lipinski definition) is 3. The van der Waals surface area contributed by atoms with Crippen LogP contribution in [0.1, 0.15) is 24.0 Å². The number of benzene rings is 4. The fourth-order valence-corrected chi connectivity index (χ4v) is 8.64. The van der Waals surface area contributed by atoms with Gasteiger partial charge in [-0.15, -0.1) is 0 Å². The number of ketones is 1. The van der Waals surface area contributed by atoms with Crippen molar-refractivity contribution in [2.75, 3.05) is 86.2 Å². The zero-order valence-corrected chi connectivity index (χ0v) is 38.2. The van der Waals surface area contributed by atoms with Crippen molar-refractivity contribution in [2.45, 2.75) is 32.8 Å². The lowest BCUT2D eigenvalue weighted by Gasteiger charge is -2.36. The van der Waals surface area contributed by atoms with Gasteiger partial charge in [0.1, 0.15) is 29.2 Å². The van der Waals surface area contributed by atoms with Gasteiger partial charge in [0, 0.05) is 75.3 Å². The standard InChI is InChI=1S/C24H28N4O3S.C24H26N4O3S/c2*1-16-7-8-17-19(15-16)25-22(18-5-3-4-6-20(18)29)26-23(17)27-10-12-28(13-11-27)24(31)21(30)9-14-32-2/h3-8,15,21,29-30H,9-14H2,1-2H3;3-8,15,29H,9-14H2,1-2H3. The quantitative estimate of drug-likeness (QED) is 0.116. The third kappa shape index (κ3) is 10.7. The zero-order chi connectivity index (χ0) is 45.3. The number of para-hydroxylation sites is 2. The number of carbonyl (C=O) groups excluding carboxylic acids is 3. The number of phenols is 2. The average Bonchev–Trinajstić information content (AvgIpc) is 3.31. The molecule has 14 nitrogen and oxygen atoms in total. The fraction of sp³-hybridized carbons (Fsp3) is 0.354. The number of nitrogens with zero attached hydrogens (tertiary/aromatic N) is 8. The molecule has 0 spiro atoms. The van der Waals surface area contributed by atoms with Crippen molar-refractivity contribution in [3.05, 3.63) is 96.1 Å². The Morgan fingerprint density at radius 2 is 1.06 bits per heavy atom. The summed E-state index contributed by atoms with van der Waals surface area (Å²) in [6.45, 7) is 8.38. The van der Waals surface area contributed by atoms with Crippen LogP contribution in [0.25, 0.3) is 44.6 Å². The van der Waals surface area contributed by atoms with Crippen LogP contribution in [0, 0.1) is 13.8 Å². The molecule has 6 aromatic rings. The number of aliphatic hydroxyl groups excluding tert-OH is 1. The number of piperazine rings is 2. The summed E-state index contributed by atoms with van der Waals surface area (Å²) in [7, 11) is 0. The molecule has 0 saturated carbocycles. The van der Waals surface area contributed by atoms with Crippen molar-refractivity contribution in [1.82, 2.24) is 29.7 Å². The Balaban J connectivity index is 0.000000191. The lowest BCUT2D eigenvalue weighted by molar-refractivity contribution is -0.144. The SMILES string of the molecule is CSCCC(=O)C(=O)N1CCN(c2nc(-c3ccccc3O)nc3cc(C)ccc23)CC1.CSCCC(O)C(=O)N1CCN(c2nc(-c3ccccc3O)nc3cc(C)ccc23)CC1. The van der Waals surface area contributed by atoms with Gasteiger partial charge in [0.2, 0.25) is 5.78 Å². The lowest BCUT2D eigenvalue weighted by Crippen LogP contribution is -2.51. The molecule has 4 aromatic carbocycles. The van der Waals surface area contributed by atoms with E-state index in [0.717, 1.165) is 50.3 Å². The number of phenolic OH excluding ortho intramolecular Hbond substituents is 2. The molecule has 2 saturated heterocycles. The van der Waals surface area contributed by atoms with Crippen molar-refractivity contribution in [2.24, 2.45) is 0 Å². The maximum absolute atomic E-state index is 12.6. The van der Waals surface area contributed by atoms with E-state index < -0.39 is 12.0 Å². The third-order valence-electron chi connectivity index (χ3n) is 11.4. The highest BCUT2D eigenvalue weighted by atomic mass is 32.2. The molecule has 0 bridgehead atoms. The molecule has 2 fully saturated rings. The first-order valence-electron chi connectivity index (χ1n) is 21.4. The number of rotatable bonds is 12. The molecule has 2 aliphatic heterocycles. The molecule has 2 amide bonds. The molecule has 0 radical (unpaired) electrons. The number of carbonyl (C=O) groups is 3. The average molecular weight is 903 g/mol. The largest absolute Gasteiger partial charge is 0.507 e. The van der Waals surface area contributed by atoms with E-state index in [-0.39, 0.29) is 29.6 Å². The molecule has 16 heteroatoms. The van der Waals surface area contributed by atoms with E-state index in [1.54, 1.807) is 63.7 Å². The van der Waals surface area contributed by atoms with Crippen LogP contribution in [0.4, 0.5) is 11.6 Å². The van der Waals surface area contributed by atoms with Gasteiger partial charge in [0.05, 0.1) is 22.2 Å². The molecule has 2 aromatic heterocycles. The van der Waals surface area contributed by atoms with E-state index in [0.29, 0.717) is 87.3 Å². The number of hydrogen-bond acceptors (Lipinski definition) is 14. The predicted octanol–water partition coefficient (Wildman–Crippen LogP) is 6.36. The Labute approximate surface area is 381 Å². The van der Waals surface area contributed by atoms with Crippen LogP contribution in [0.5, 0.6) is 11.5 Å². The van der Waals surface area contributed by atoms with Crippen LogP contribution in [0.2, 0.25) is 0 Å². The fourth-order valence-electron chi connectivity index (χ4n) is 7.80. The number of aromatic nitrogens is 4. The van der Waals surface area contributed by atoms with Gasteiger partial charge in [-0.3, -0.25) is 14.4 Å². The molecule has 3 N–H and O–H groups in total. The summed E-state index contributed by atoms with van der Waals surface area (Å²) in [5, 5.41) is 32.7. The molecule has 4 heterocycles. The normalized spacial score (nSPS) is 14.6. The van der Waals surface area contributed by atoms with Crippen LogP contribution in [-0.4, -0.2) is 145 Å². The van der Waals surface area contributed by atoms with Gasteiger partial charge in [0.25, 0.3) is 11.8 Å². The zero-order valence-electron chi connectivity index (χ0n) is 36.6. The number of aromatic hydroxyl groups is 2. The lowest BCUT2D eigenvalue weighted by atomic mass is 10.1. The van der Waals surface area contributed by atoms with Gasteiger partial charge in [-0.25, -0.2) is 19.9 Å². The summed E-state index contributed by atoms with van der Waals surface area (Å²) in [4.78, 5) is 63.9. The first kappa shape index (κ1) is 46.0. The van der Waals surface area contributed by atoms with Crippen molar-refractivity contribution in [3.63, 3.8) is 0 Å². The number of amides is 2. The highest BCUT2D eigenvalue weighted by molar-refractivity contribution is 7.98. The number of aliphatic hydroxyl groups is 1. The first-order valence-corrected chi connectivity index (χ1v) is 24.1. The molecule has 1 unspecified atom stereocenters. The third-order valence-corrected chi connectivity index (χ3v) is 12.6. The van der Waals surface area contributed by atoms with E-state index >= 15 is 0 Å². The maximum Gasteiger partial charge on any atom is 0.290 e. The number of aryl methyl sites for hydroxylation is 2. The highest BCUT2D eigenvalue weighted by Gasteiger charge is 2.29. The van der Waals surface area contributed by atoms with E-state index in [1.165, 1.54) is 0 Å². The second-order valence-electron chi connectivity index (χ2n) is 15.9. The van der Waals surface area contributed by atoms with Gasteiger partial charge >= 0.3 is 0 Å². The first-order chi connectivity index (χ1) is 30.9. The van der Waals surface area contributed by atoms with Crippen LogP contribution in [0.3, 0.4) is 0 Å². The molecule has 1 atom stereocenters. The second-order valence-corrected chi connectivity index (χ2v) is 17.8. The van der Waals surface area contributed by atoms with E-state index in [9.17, 15) is 29.7 Å². The summed E-state index contributed by atoms with van der Waals surface area (Å²) in [6.07, 6.45) is 3.70. The van der Waals surface area contributed by atoms with Gasteiger partial charge in [-0.05, 0) is 98.2 Å². The Hall–Kier alpha value is -5.97. The number of thioether (sulfide) groups is 2. The number of fused-ring (bicyclic) bond motifs is 2. The Morgan fingerprint density at radius 3 is 1.52 bits per heavy atom. The summed E-state index contributed by atoms with van der Waals surface area (Å²) in [6, 6.07) is 26.2. The Kier molecular flexibility index (Phi) is 15.2. The van der Waals surface area contributed by atoms with Crippen LogP contribution in [-0.2, 0) is 14.4 Å². The van der Waals surface area contributed by atoms with Gasteiger partial charge in [0.15, 0.2) is 11.6 Å². The van der Waals surface area contributed by atoms with Crippen molar-refractivity contribution >= 4 is 74.6 Å². The van der Waals surface area contributed by atoms with Crippen molar-refractivity contribution < 1.29 is 29.7 Å². The molecule has 334 valence electrons. The van der Waals surface area contributed by atoms with Crippen LogP contribution >= 0.6 is 23.5 Å². The molecule has 0 aliphatic carbocycles. The molecular formula is C48H54N8O6S2. The molecular weight excluding hydrogens is 849 g/mol. The van der Waals surface area contributed by atoms with Gasteiger partial charge in [-0.2, -0.15) is 23.5 Å². The molecule has 8 rings (SSSR count). The van der Waals surface area contributed by atoms with Gasteiger partial charge in [-0.1, -0.05) is 36.4 Å². The van der Waals surface area contributed by atoms with E-state index in [2.05, 4.69) is 9.80 Å². The van der Waals surface area contributed by atoms with E-state index in [1.807, 2.05) is 81.0 Å². The van der Waals surface area contributed by atoms with Crippen LogP contribution in [0.15, 0.2) is 84.9 Å². The maximum atomic E-state index is 12.6. The monoisotopic (exact) mass is 902 g/mol. The van der Waals surface area contributed by atoms with Crippen molar-refractivity contribution in [3.8, 4) is 34.3 Å². The minimum atomic E-state index is -0.940. The van der Waals surface area contributed by atoms with E-state index in [4.69, 9.17) is 19.9 Å². The minimum absolute atomic E-state index is 0.129. The smallest absolute Gasteiger partial charge is 0.290 e. The Morgan fingerprint density at radius 1 is 0.609 bits per heavy atom. The number of Topliss-reactive ketones (excluding diaryl/α,β-unsaturated/α-hetero) is 1. The topological polar surface area (TPSA) is 176 Å². The summed E-state index contributed by atoms with van der Waals surface area (Å²) in [5.41, 5.74) is 4.97. The summed E-state index contributed by atoms with van der Waals surface area (Å²) < 4.78 is 0. The van der Waals surface area contributed by atoms with Crippen LogP contribution < -0.4 is 9.80 Å². The molecule has 64 heavy (non-hydrogen) atoms. The predicted molar refractivity (Wildman–Crippen MR) is 257 cm³/mol. The molecule has 2 aliphatic rings.